The van der Waals surface area contributed by atoms with Gasteiger partial charge in [0, 0.05) is 29.4 Å². The van der Waals surface area contributed by atoms with Gasteiger partial charge >= 0.3 is 0 Å². The summed E-state index contributed by atoms with van der Waals surface area (Å²) >= 11 is 0. The molecule has 3 nitrogen and oxygen atoms in total. The summed E-state index contributed by atoms with van der Waals surface area (Å²) in [5.41, 5.74) is 5.15. The van der Waals surface area contributed by atoms with Crippen LogP contribution < -0.4 is 5.32 Å². The monoisotopic (exact) mass is 281 g/mol. The Morgan fingerprint density at radius 3 is 2.86 bits per heavy atom. The van der Waals surface area contributed by atoms with E-state index in [9.17, 15) is 0 Å². The summed E-state index contributed by atoms with van der Waals surface area (Å²) in [4.78, 5) is 9.49. The molecule has 1 aliphatic carbocycles. The first-order chi connectivity index (χ1) is 10.2. The van der Waals surface area contributed by atoms with Gasteiger partial charge < -0.3 is 5.32 Å². The SMILES string of the molecule is CNC(C)c1cnc(C2CCCc3ccccc32)nc1C. The number of hydrogen-bond acceptors (Lipinski definition) is 3. The van der Waals surface area contributed by atoms with Crippen LogP contribution in [0.5, 0.6) is 0 Å². The van der Waals surface area contributed by atoms with Crippen molar-refractivity contribution in [2.45, 2.75) is 45.1 Å². The van der Waals surface area contributed by atoms with Crippen LogP contribution in [0.4, 0.5) is 0 Å². The highest BCUT2D eigenvalue weighted by atomic mass is 14.9. The summed E-state index contributed by atoms with van der Waals surface area (Å²) in [6.45, 7) is 4.23. The highest BCUT2D eigenvalue weighted by Gasteiger charge is 2.24. The first-order valence-electron chi connectivity index (χ1n) is 7.79. The van der Waals surface area contributed by atoms with E-state index in [0.717, 1.165) is 17.9 Å². The van der Waals surface area contributed by atoms with Crippen molar-refractivity contribution in [1.29, 1.82) is 0 Å². The molecule has 0 aliphatic heterocycles. The molecule has 1 N–H and O–H groups in total. The number of nitrogens with one attached hydrogen (secondary N) is 1. The largest absolute Gasteiger partial charge is 0.313 e. The Kier molecular flexibility index (Phi) is 4.02. The zero-order chi connectivity index (χ0) is 14.8. The van der Waals surface area contributed by atoms with Gasteiger partial charge in [-0.2, -0.15) is 0 Å². The van der Waals surface area contributed by atoms with Gasteiger partial charge in [-0.25, -0.2) is 9.97 Å². The summed E-state index contributed by atoms with van der Waals surface area (Å²) < 4.78 is 0. The molecule has 1 aliphatic rings. The first-order valence-corrected chi connectivity index (χ1v) is 7.79. The minimum Gasteiger partial charge on any atom is -0.313 e. The predicted molar refractivity (Wildman–Crippen MR) is 85.5 cm³/mol. The van der Waals surface area contributed by atoms with E-state index in [1.54, 1.807) is 0 Å². The van der Waals surface area contributed by atoms with Crippen LogP contribution in [-0.2, 0) is 6.42 Å². The highest BCUT2D eigenvalue weighted by molar-refractivity contribution is 5.36. The third-order valence-electron chi connectivity index (χ3n) is 4.62. The van der Waals surface area contributed by atoms with Crippen molar-refractivity contribution in [1.82, 2.24) is 15.3 Å². The third kappa shape index (κ3) is 2.70. The van der Waals surface area contributed by atoms with Gasteiger partial charge in [-0.1, -0.05) is 24.3 Å². The van der Waals surface area contributed by atoms with E-state index in [0.29, 0.717) is 5.92 Å². The number of hydrogen-bond donors (Lipinski definition) is 1. The number of aromatic nitrogens is 2. The van der Waals surface area contributed by atoms with Crippen molar-refractivity contribution in [2.75, 3.05) is 7.05 Å². The van der Waals surface area contributed by atoms with E-state index in [1.165, 1.54) is 29.5 Å². The first kappa shape index (κ1) is 14.2. The fourth-order valence-electron chi connectivity index (χ4n) is 3.27. The van der Waals surface area contributed by atoms with E-state index in [1.807, 2.05) is 13.2 Å². The molecule has 110 valence electrons. The predicted octanol–water partition coefficient (Wildman–Crippen LogP) is 3.53. The zero-order valence-electron chi connectivity index (χ0n) is 13.1. The van der Waals surface area contributed by atoms with Crippen LogP contribution in [0.2, 0.25) is 0 Å². The Balaban J connectivity index is 1.97. The average molecular weight is 281 g/mol. The Hall–Kier alpha value is -1.74. The Bertz CT molecular complexity index is 636. The van der Waals surface area contributed by atoms with Crippen molar-refractivity contribution < 1.29 is 0 Å². The van der Waals surface area contributed by atoms with Crippen molar-refractivity contribution in [2.24, 2.45) is 0 Å². The van der Waals surface area contributed by atoms with Gasteiger partial charge in [0.05, 0.1) is 0 Å². The van der Waals surface area contributed by atoms with Crippen LogP contribution in [0.3, 0.4) is 0 Å². The quantitative estimate of drug-likeness (QED) is 0.935. The van der Waals surface area contributed by atoms with E-state index in [-0.39, 0.29) is 6.04 Å². The average Bonchev–Trinajstić information content (AvgIpc) is 2.53. The molecule has 2 atom stereocenters. The van der Waals surface area contributed by atoms with Crippen molar-refractivity contribution in [3.05, 3.63) is 58.7 Å². The van der Waals surface area contributed by atoms with Crippen LogP contribution in [0, 0.1) is 6.92 Å². The molecule has 0 radical (unpaired) electrons. The van der Waals surface area contributed by atoms with Crippen LogP contribution in [-0.4, -0.2) is 17.0 Å². The van der Waals surface area contributed by atoms with Gasteiger partial charge in [0.25, 0.3) is 0 Å². The summed E-state index contributed by atoms with van der Waals surface area (Å²) in [6, 6.07) is 9.03. The fourth-order valence-corrected chi connectivity index (χ4v) is 3.27. The molecule has 1 aromatic heterocycles. The van der Waals surface area contributed by atoms with Crippen LogP contribution in [0.1, 0.15) is 59.9 Å². The summed E-state index contributed by atoms with van der Waals surface area (Å²) in [5, 5.41) is 3.26. The summed E-state index contributed by atoms with van der Waals surface area (Å²) in [6.07, 6.45) is 5.55. The number of aryl methyl sites for hydroxylation is 2. The zero-order valence-corrected chi connectivity index (χ0v) is 13.1. The Morgan fingerprint density at radius 1 is 1.29 bits per heavy atom. The van der Waals surface area contributed by atoms with Gasteiger partial charge in [0.1, 0.15) is 5.82 Å². The number of nitrogens with zero attached hydrogens (tertiary/aromatic N) is 2. The van der Waals surface area contributed by atoms with Gasteiger partial charge in [-0.15, -0.1) is 0 Å². The van der Waals surface area contributed by atoms with E-state index in [4.69, 9.17) is 4.98 Å². The molecule has 0 saturated carbocycles. The minimum atomic E-state index is 0.290. The molecule has 0 saturated heterocycles. The third-order valence-corrected chi connectivity index (χ3v) is 4.62. The van der Waals surface area contributed by atoms with Crippen LogP contribution in [0.15, 0.2) is 30.5 Å². The van der Waals surface area contributed by atoms with E-state index in [2.05, 4.69) is 48.4 Å². The second-order valence-corrected chi connectivity index (χ2v) is 5.92. The highest BCUT2D eigenvalue weighted by Crippen LogP contribution is 2.35. The second-order valence-electron chi connectivity index (χ2n) is 5.92. The molecule has 21 heavy (non-hydrogen) atoms. The Morgan fingerprint density at radius 2 is 2.10 bits per heavy atom. The smallest absolute Gasteiger partial charge is 0.135 e. The lowest BCUT2D eigenvalue weighted by Crippen LogP contribution is -2.18. The molecule has 0 amide bonds. The Labute approximate surface area is 126 Å². The molecule has 2 aromatic rings. The molecule has 0 fully saturated rings. The standard InChI is InChI=1S/C18H23N3/c1-12(19-3)17-11-20-18(21-13(17)2)16-10-6-8-14-7-4-5-9-15(14)16/h4-5,7,9,11-12,16,19H,6,8,10H2,1-3H3. The normalized spacial score (nSPS) is 19.1. The minimum absolute atomic E-state index is 0.290. The maximum Gasteiger partial charge on any atom is 0.135 e. The van der Waals surface area contributed by atoms with Gasteiger partial charge in [-0.3, -0.25) is 0 Å². The number of rotatable bonds is 3. The molecule has 3 rings (SSSR count). The molecule has 3 heteroatoms. The molecule has 1 heterocycles. The number of benzene rings is 1. The lowest BCUT2D eigenvalue weighted by Gasteiger charge is -2.25. The molecular weight excluding hydrogens is 258 g/mol. The maximum atomic E-state index is 4.81. The van der Waals surface area contributed by atoms with Crippen LogP contribution >= 0.6 is 0 Å². The van der Waals surface area contributed by atoms with Crippen LogP contribution in [0.25, 0.3) is 0 Å². The van der Waals surface area contributed by atoms with Gasteiger partial charge in [0.15, 0.2) is 0 Å². The summed E-state index contributed by atoms with van der Waals surface area (Å²) in [5.74, 6) is 1.33. The lowest BCUT2D eigenvalue weighted by atomic mass is 9.82. The molecule has 0 spiro atoms. The fraction of sp³-hybridized carbons (Fsp3) is 0.444. The molecule has 0 bridgehead atoms. The molecule has 2 unspecified atom stereocenters. The molecule has 1 aromatic carbocycles. The van der Waals surface area contributed by atoms with Gasteiger partial charge in [-0.05, 0) is 51.3 Å². The lowest BCUT2D eigenvalue weighted by molar-refractivity contribution is 0.581. The second kappa shape index (κ2) is 5.94. The summed E-state index contributed by atoms with van der Waals surface area (Å²) in [7, 11) is 1.97. The van der Waals surface area contributed by atoms with Crippen molar-refractivity contribution in [3.8, 4) is 0 Å². The molecular formula is C18H23N3. The topological polar surface area (TPSA) is 37.8 Å². The maximum absolute atomic E-state index is 4.81. The number of fused-ring (bicyclic) bond motifs is 1. The van der Waals surface area contributed by atoms with E-state index < -0.39 is 0 Å². The van der Waals surface area contributed by atoms with E-state index >= 15 is 0 Å². The van der Waals surface area contributed by atoms with Crippen molar-refractivity contribution >= 4 is 0 Å². The van der Waals surface area contributed by atoms with Crippen molar-refractivity contribution in [3.63, 3.8) is 0 Å². The van der Waals surface area contributed by atoms with Gasteiger partial charge in [0.2, 0.25) is 0 Å².